The number of carbonyl (C=O) groups is 1. The number of carbonyl (C=O) groups excluding carboxylic acids is 1. The van der Waals surface area contributed by atoms with E-state index in [1.165, 1.54) is 36.8 Å². The van der Waals surface area contributed by atoms with Gasteiger partial charge in [0, 0.05) is 13.0 Å². The molecule has 0 bridgehead atoms. The summed E-state index contributed by atoms with van der Waals surface area (Å²) in [4.78, 5) is 14.6. The number of hydrogen-bond acceptors (Lipinski definition) is 6. The molecule has 0 amide bonds. The monoisotopic (exact) mass is 430 g/mol. The molecule has 0 spiro atoms. The zero-order valence-corrected chi connectivity index (χ0v) is 19.3. The van der Waals surface area contributed by atoms with Crippen molar-refractivity contribution < 1.29 is 14.6 Å². The molecule has 4 aliphatic rings. The second kappa shape index (κ2) is 7.62. The molecule has 5 rings (SSSR count). The molecule has 4 saturated carbocycles. The van der Waals surface area contributed by atoms with Crippen LogP contribution in [0.4, 0.5) is 0 Å². The van der Waals surface area contributed by atoms with Crippen molar-refractivity contribution in [3.05, 3.63) is 6.33 Å². The molecule has 0 saturated heterocycles. The molecule has 1 aromatic rings. The van der Waals surface area contributed by atoms with Crippen molar-refractivity contribution in [2.45, 2.75) is 83.8 Å². The Balaban J connectivity index is 1.33. The van der Waals surface area contributed by atoms with Crippen LogP contribution in [0.25, 0.3) is 0 Å². The lowest BCUT2D eigenvalue weighted by molar-refractivity contribution is -0.164. The molecule has 172 valence electrons. The highest BCUT2D eigenvalue weighted by Crippen LogP contribution is 2.68. The summed E-state index contributed by atoms with van der Waals surface area (Å²) in [5, 5.41) is 22.7. The summed E-state index contributed by atoms with van der Waals surface area (Å²) in [5.74, 6) is 3.07. The first-order valence-electron chi connectivity index (χ1n) is 12.2. The van der Waals surface area contributed by atoms with E-state index in [0.717, 1.165) is 43.9 Å². The van der Waals surface area contributed by atoms with Gasteiger partial charge in [-0.3, -0.25) is 4.79 Å². The minimum Gasteiger partial charge on any atom is -0.387 e. The zero-order valence-electron chi connectivity index (χ0n) is 19.3. The highest BCUT2D eigenvalue weighted by Gasteiger charge is 2.62. The highest BCUT2D eigenvalue weighted by molar-refractivity contribution is 5.81. The lowest BCUT2D eigenvalue weighted by atomic mass is 9.44. The van der Waals surface area contributed by atoms with Gasteiger partial charge >= 0.3 is 0 Å². The summed E-state index contributed by atoms with van der Waals surface area (Å²) in [6.45, 7) is 5.61. The van der Waals surface area contributed by atoms with E-state index < -0.39 is 5.60 Å². The van der Waals surface area contributed by atoms with Crippen molar-refractivity contribution in [3.63, 3.8) is 0 Å². The normalized spacial score (nSPS) is 46.8. The van der Waals surface area contributed by atoms with Gasteiger partial charge in [-0.05, 0) is 97.5 Å². The van der Waals surface area contributed by atoms with E-state index in [9.17, 15) is 9.90 Å². The fourth-order valence-electron chi connectivity index (χ4n) is 8.76. The smallest absolute Gasteiger partial charge is 0.162 e. The van der Waals surface area contributed by atoms with Crippen molar-refractivity contribution in [2.75, 3.05) is 13.7 Å². The predicted octanol–water partition coefficient (Wildman–Crippen LogP) is 3.28. The first kappa shape index (κ1) is 21.5. The van der Waals surface area contributed by atoms with Gasteiger partial charge in [0.1, 0.15) is 6.54 Å². The number of Topliss-reactive ketones (excluding diaryl/α,β-unsaturated/α-hetero) is 1. The molecule has 8 atom stereocenters. The van der Waals surface area contributed by atoms with Crippen molar-refractivity contribution >= 4 is 5.78 Å². The zero-order chi connectivity index (χ0) is 21.9. The molecule has 7 nitrogen and oxygen atoms in total. The van der Waals surface area contributed by atoms with Crippen LogP contribution in [0, 0.1) is 40.4 Å². The van der Waals surface area contributed by atoms with E-state index in [1.54, 1.807) is 7.11 Å². The van der Waals surface area contributed by atoms with Crippen LogP contribution < -0.4 is 0 Å². The van der Waals surface area contributed by atoms with Gasteiger partial charge in [-0.25, -0.2) is 0 Å². The topological polar surface area (TPSA) is 90.1 Å². The van der Waals surface area contributed by atoms with E-state index >= 15 is 0 Å². The van der Waals surface area contributed by atoms with Gasteiger partial charge in [0.25, 0.3) is 0 Å². The Morgan fingerprint density at radius 2 is 1.90 bits per heavy atom. The molecular formula is C24H38N4O3. The number of tetrazole rings is 1. The third-order valence-corrected chi connectivity index (χ3v) is 10.3. The maximum Gasteiger partial charge on any atom is 0.162 e. The summed E-state index contributed by atoms with van der Waals surface area (Å²) < 4.78 is 5.35. The highest BCUT2D eigenvalue weighted by atomic mass is 16.5. The number of rotatable bonds is 5. The Hall–Kier alpha value is -1.34. The van der Waals surface area contributed by atoms with Gasteiger partial charge in [-0.1, -0.05) is 13.8 Å². The number of aromatic nitrogens is 4. The molecule has 4 aliphatic carbocycles. The van der Waals surface area contributed by atoms with Gasteiger partial charge in [-0.15, -0.1) is 10.2 Å². The Labute approximate surface area is 185 Å². The van der Waals surface area contributed by atoms with E-state index in [-0.39, 0.29) is 23.7 Å². The Kier molecular flexibility index (Phi) is 5.28. The van der Waals surface area contributed by atoms with Gasteiger partial charge in [0.2, 0.25) is 0 Å². The van der Waals surface area contributed by atoms with Gasteiger partial charge in [-0.2, -0.15) is 4.80 Å². The number of aliphatic hydroxyl groups is 1. The molecule has 0 aliphatic heterocycles. The summed E-state index contributed by atoms with van der Waals surface area (Å²) in [6.07, 6.45) is 11.2. The summed E-state index contributed by atoms with van der Waals surface area (Å²) in [7, 11) is 1.70. The van der Waals surface area contributed by atoms with Crippen molar-refractivity contribution in [2.24, 2.45) is 40.4 Å². The first-order chi connectivity index (χ1) is 14.8. The van der Waals surface area contributed by atoms with E-state index in [4.69, 9.17) is 4.74 Å². The van der Waals surface area contributed by atoms with E-state index in [1.807, 2.05) is 0 Å². The molecule has 1 heterocycles. The third kappa shape index (κ3) is 3.38. The minimum atomic E-state index is -0.644. The molecular weight excluding hydrogens is 392 g/mol. The summed E-state index contributed by atoms with van der Waals surface area (Å²) in [5.41, 5.74) is -0.223. The van der Waals surface area contributed by atoms with Gasteiger partial charge in [0.15, 0.2) is 12.1 Å². The number of methoxy groups -OCH3 is 1. The molecule has 4 fully saturated rings. The standard InChI is InChI=1S/C24H38N4O3/c1-22-10-11-24(30,14-31-3)12-16(22)4-5-17-18-6-7-20(23(18,2)9-8-19(17)22)21(29)13-28-26-15-25-27-28/h15-20,30H,4-14H2,1-3H3/t16-,17-,18-,19-,20+,22-,23-,24+/m0/s1. The SMILES string of the molecule is COC[C@@]1(O)CC[C@@]2(C)[C@@H](CC[C@@H]3[C@@H]2CC[C@]2(C)[C@@H](C(=O)Cn4ncnn4)CC[C@@H]32)C1. The molecule has 0 unspecified atom stereocenters. The van der Waals surface area contributed by atoms with Gasteiger partial charge < -0.3 is 9.84 Å². The number of nitrogens with zero attached hydrogens (tertiary/aromatic N) is 4. The summed E-state index contributed by atoms with van der Waals surface area (Å²) in [6, 6.07) is 0. The van der Waals surface area contributed by atoms with Crippen molar-refractivity contribution in [3.8, 4) is 0 Å². The molecule has 0 radical (unpaired) electrons. The largest absolute Gasteiger partial charge is 0.387 e. The molecule has 31 heavy (non-hydrogen) atoms. The van der Waals surface area contributed by atoms with Crippen LogP contribution in [0.3, 0.4) is 0 Å². The maximum absolute atomic E-state index is 13.2. The Bertz CT molecular complexity index is 816. The Morgan fingerprint density at radius 3 is 2.65 bits per heavy atom. The minimum absolute atomic E-state index is 0.105. The maximum atomic E-state index is 13.2. The first-order valence-corrected chi connectivity index (χ1v) is 12.2. The van der Waals surface area contributed by atoms with Gasteiger partial charge in [0.05, 0.1) is 12.2 Å². The predicted molar refractivity (Wildman–Crippen MR) is 115 cm³/mol. The summed E-state index contributed by atoms with van der Waals surface area (Å²) >= 11 is 0. The van der Waals surface area contributed by atoms with Crippen LogP contribution in [0.2, 0.25) is 0 Å². The lowest BCUT2D eigenvalue weighted by Crippen LogP contribution is -2.57. The Morgan fingerprint density at radius 1 is 1.10 bits per heavy atom. The lowest BCUT2D eigenvalue weighted by Gasteiger charge is -2.62. The molecule has 1 aromatic heterocycles. The number of fused-ring (bicyclic) bond motifs is 5. The second-order valence-electron chi connectivity index (χ2n) is 11.6. The fraction of sp³-hybridized carbons (Fsp3) is 0.917. The number of hydrogen-bond donors (Lipinski definition) is 1. The van der Waals surface area contributed by atoms with Crippen LogP contribution in [0.15, 0.2) is 6.33 Å². The molecule has 1 N–H and O–H groups in total. The average Bonchev–Trinajstić information content (AvgIpc) is 3.35. The van der Waals surface area contributed by atoms with E-state index in [2.05, 4.69) is 29.3 Å². The van der Waals surface area contributed by atoms with Crippen LogP contribution in [-0.4, -0.2) is 50.4 Å². The molecule has 7 heteroatoms. The van der Waals surface area contributed by atoms with Crippen molar-refractivity contribution in [1.82, 2.24) is 20.2 Å². The quantitative estimate of drug-likeness (QED) is 0.771. The van der Waals surface area contributed by atoms with Crippen LogP contribution >= 0.6 is 0 Å². The third-order valence-electron chi connectivity index (χ3n) is 10.3. The number of ketones is 1. The van der Waals surface area contributed by atoms with Crippen LogP contribution in [-0.2, 0) is 16.1 Å². The molecule has 0 aromatic carbocycles. The van der Waals surface area contributed by atoms with Crippen LogP contribution in [0.1, 0.15) is 71.6 Å². The second-order valence-corrected chi connectivity index (χ2v) is 11.6. The van der Waals surface area contributed by atoms with Crippen LogP contribution in [0.5, 0.6) is 0 Å². The van der Waals surface area contributed by atoms with Crippen molar-refractivity contribution in [1.29, 1.82) is 0 Å². The number of ether oxygens (including phenoxy) is 1. The van der Waals surface area contributed by atoms with E-state index in [0.29, 0.717) is 23.9 Å². The fourth-order valence-corrected chi connectivity index (χ4v) is 8.76. The average molecular weight is 431 g/mol.